The van der Waals surface area contributed by atoms with E-state index in [1.807, 2.05) is 12.1 Å². The summed E-state index contributed by atoms with van der Waals surface area (Å²) in [6, 6.07) is 15.7. The SMILES string of the molecule is CNC(=O)c1nnc(NC(=O)C2CC2)cc1Nc1cccc(-c2ccc(C(=O)N(C)Cc3cc(Cl)ccc3OC)nc2)c1OC. The molecule has 0 bridgehead atoms. The second-order valence-corrected chi connectivity index (χ2v) is 10.8. The van der Waals surface area contributed by atoms with Gasteiger partial charge in [0.2, 0.25) is 5.91 Å². The number of hydrogen-bond acceptors (Lipinski definition) is 9. The molecule has 3 N–H and O–H groups in total. The summed E-state index contributed by atoms with van der Waals surface area (Å²) < 4.78 is 11.2. The van der Waals surface area contributed by atoms with Crippen molar-refractivity contribution in [2.45, 2.75) is 19.4 Å². The molecule has 4 aromatic rings. The number of para-hydroxylation sites is 1. The number of nitrogens with one attached hydrogen (secondary N) is 3. The average Bonchev–Trinajstić information content (AvgIpc) is 3.90. The molecular weight excluding hydrogens is 598 g/mol. The van der Waals surface area contributed by atoms with Gasteiger partial charge in [-0.05, 0) is 43.2 Å². The minimum atomic E-state index is -0.455. The van der Waals surface area contributed by atoms with Crippen LogP contribution in [0.25, 0.3) is 11.1 Å². The molecule has 232 valence electrons. The zero-order valence-electron chi connectivity index (χ0n) is 25.2. The zero-order chi connectivity index (χ0) is 32.1. The van der Waals surface area contributed by atoms with Gasteiger partial charge in [-0.1, -0.05) is 29.8 Å². The van der Waals surface area contributed by atoms with Crippen LogP contribution in [0.15, 0.2) is 60.8 Å². The van der Waals surface area contributed by atoms with Gasteiger partial charge in [0.25, 0.3) is 11.8 Å². The van der Waals surface area contributed by atoms with E-state index in [9.17, 15) is 14.4 Å². The molecule has 3 amide bonds. The summed E-state index contributed by atoms with van der Waals surface area (Å²) in [4.78, 5) is 44.1. The number of carbonyl (C=O) groups is 3. The van der Waals surface area contributed by atoms with Crippen LogP contribution in [-0.2, 0) is 11.3 Å². The van der Waals surface area contributed by atoms with Crippen molar-refractivity contribution in [3.05, 3.63) is 82.8 Å². The lowest BCUT2D eigenvalue weighted by atomic mass is 10.0. The minimum absolute atomic E-state index is 0.0271. The largest absolute Gasteiger partial charge is 0.496 e. The van der Waals surface area contributed by atoms with E-state index in [0.717, 1.165) is 18.4 Å². The first kappa shape index (κ1) is 31.2. The summed E-state index contributed by atoms with van der Waals surface area (Å²) in [5.41, 5.74) is 3.31. The van der Waals surface area contributed by atoms with E-state index < -0.39 is 5.91 Å². The number of aromatic nitrogens is 3. The smallest absolute Gasteiger partial charge is 0.273 e. The van der Waals surface area contributed by atoms with Crippen molar-refractivity contribution >= 4 is 46.5 Å². The predicted molar refractivity (Wildman–Crippen MR) is 170 cm³/mol. The average molecular weight is 630 g/mol. The van der Waals surface area contributed by atoms with E-state index in [1.54, 1.807) is 62.8 Å². The Labute approximate surface area is 265 Å². The Kier molecular flexibility index (Phi) is 9.43. The number of halogens is 1. The van der Waals surface area contributed by atoms with Gasteiger partial charge in [-0.3, -0.25) is 19.4 Å². The van der Waals surface area contributed by atoms with Crippen molar-refractivity contribution < 1.29 is 23.9 Å². The molecule has 1 saturated carbocycles. The summed E-state index contributed by atoms with van der Waals surface area (Å²) in [6.07, 6.45) is 3.27. The van der Waals surface area contributed by atoms with Crippen molar-refractivity contribution in [2.24, 2.45) is 5.92 Å². The molecule has 45 heavy (non-hydrogen) atoms. The van der Waals surface area contributed by atoms with Crippen molar-refractivity contribution in [1.29, 1.82) is 0 Å². The molecule has 1 aliphatic rings. The van der Waals surface area contributed by atoms with Crippen LogP contribution in [0, 0.1) is 5.92 Å². The summed E-state index contributed by atoms with van der Waals surface area (Å²) in [6.45, 7) is 0.279. The summed E-state index contributed by atoms with van der Waals surface area (Å²) in [7, 11) is 6.26. The second kappa shape index (κ2) is 13.6. The first-order chi connectivity index (χ1) is 21.7. The van der Waals surface area contributed by atoms with Gasteiger partial charge in [0.1, 0.15) is 17.2 Å². The Morgan fingerprint density at radius 2 is 1.80 bits per heavy atom. The van der Waals surface area contributed by atoms with E-state index in [4.69, 9.17) is 21.1 Å². The van der Waals surface area contributed by atoms with Gasteiger partial charge in [-0.15, -0.1) is 10.2 Å². The lowest BCUT2D eigenvalue weighted by molar-refractivity contribution is -0.117. The van der Waals surface area contributed by atoms with E-state index in [2.05, 4.69) is 31.1 Å². The molecule has 2 aromatic carbocycles. The molecule has 0 atom stereocenters. The fourth-order valence-corrected chi connectivity index (χ4v) is 4.90. The number of rotatable bonds is 11. The number of nitrogens with zero attached hydrogens (tertiary/aromatic N) is 4. The van der Waals surface area contributed by atoms with Crippen LogP contribution in [0.2, 0.25) is 5.02 Å². The van der Waals surface area contributed by atoms with Gasteiger partial charge in [-0.2, -0.15) is 0 Å². The molecular formula is C32H32ClN7O5. The van der Waals surface area contributed by atoms with Gasteiger partial charge < -0.3 is 30.3 Å². The maximum Gasteiger partial charge on any atom is 0.273 e. The molecule has 2 aromatic heterocycles. The lowest BCUT2D eigenvalue weighted by Crippen LogP contribution is -2.27. The highest BCUT2D eigenvalue weighted by Gasteiger charge is 2.30. The quantitative estimate of drug-likeness (QED) is 0.210. The van der Waals surface area contributed by atoms with Crippen molar-refractivity contribution in [1.82, 2.24) is 25.4 Å². The van der Waals surface area contributed by atoms with Crippen molar-refractivity contribution in [2.75, 3.05) is 38.9 Å². The molecule has 5 rings (SSSR count). The Hall–Kier alpha value is -5.23. The molecule has 13 heteroatoms. The highest BCUT2D eigenvalue weighted by molar-refractivity contribution is 6.30. The lowest BCUT2D eigenvalue weighted by Gasteiger charge is -2.19. The molecule has 12 nitrogen and oxygen atoms in total. The molecule has 0 unspecified atom stereocenters. The molecule has 0 saturated heterocycles. The summed E-state index contributed by atoms with van der Waals surface area (Å²) in [5.74, 6) is 0.429. The van der Waals surface area contributed by atoms with Crippen LogP contribution in [-0.4, -0.2) is 66.1 Å². The number of ether oxygens (including phenoxy) is 2. The number of carbonyl (C=O) groups excluding carboxylic acids is 3. The fraction of sp³-hybridized carbons (Fsp3) is 0.250. The third kappa shape index (κ3) is 7.13. The Balaban J connectivity index is 1.38. The summed E-state index contributed by atoms with van der Waals surface area (Å²) >= 11 is 6.15. The molecule has 1 aliphatic carbocycles. The molecule has 0 aliphatic heterocycles. The topological polar surface area (TPSA) is 148 Å². The van der Waals surface area contributed by atoms with Crippen molar-refractivity contribution in [3.8, 4) is 22.6 Å². The number of benzene rings is 2. The van der Waals surface area contributed by atoms with Gasteiger partial charge in [0.15, 0.2) is 11.5 Å². The van der Waals surface area contributed by atoms with Crippen molar-refractivity contribution in [3.63, 3.8) is 0 Å². The molecule has 0 radical (unpaired) electrons. The van der Waals surface area contributed by atoms with Crippen LogP contribution in [0.3, 0.4) is 0 Å². The van der Waals surface area contributed by atoms with E-state index in [-0.39, 0.29) is 41.5 Å². The standard InChI is InChI=1S/C32H32ClN7O5/c1-34-31(42)28-25(15-27(38-39-28)37-30(41)18-8-9-18)36-23-7-5-6-22(29(23)45-4)19-10-12-24(35-16-19)32(43)40(2)17-20-14-21(33)11-13-26(20)44-3/h5-7,10-16,18H,8-9,17H2,1-4H3,(H,34,42)(H2,36,37,38,41). The first-order valence-electron chi connectivity index (χ1n) is 14.1. The van der Waals surface area contributed by atoms with E-state index in [0.29, 0.717) is 39.0 Å². The number of anilines is 3. The van der Waals surface area contributed by atoms with Gasteiger partial charge in [0, 0.05) is 60.5 Å². The number of hydrogen-bond donors (Lipinski definition) is 3. The number of pyridine rings is 1. The highest BCUT2D eigenvalue weighted by atomic mass is 35.5. The number of methoxy groups -OCH3 is 2. The zero-order valence-corrected chi connectivity index (χ0v) is 25.9. The fourth-order valence-electron chi connectivity index (χ4n) is 4.71. The summed E-state index contributed by atoms with van der Waals surface area (Å²) in [5, 5.41) is 17.1. The first-order valence-corrected chi connectivity index (χ1v) is 14.5. The van der Waals surface area contributed by atoms with E-state index >= 15 is 0 Å². The Bertz CT molecular complexity index is 1740. The number of amides is 3. The van der Waals surface area contributed by atoms with E-state index in [1.165, 1.54) is 19.1 Å². The van der Waals surface area contributed by atoms with Crippen LogP contribution in [0.1, 0.15) is 39.4 Å². The van der Waals surface area contributed by atoms with Gasteiger partial charge in [0.05, 0.1) is 25.6 Å². The Morgan fingerprint density at radius 3 is 2.47 bits per heavy atom. The maximum atomic E-state index is 13.2. The normalized spacial score (nSPS) is 12.2. The van der Waals surface area contributed by atoms with Crippen LogP contribution >= 0.6 is 11.6 Å². The second-order valence-electron chi connectivity index (χ2n) is 10.4. The predicted octanol–water partition coefficient (Wildman–Crippen LogP) is 4.93. The monoisotopic (exact) mass is 629 g/mol. The third-order valence-electron chi connectivity index (χ3n) is 7.21. The van der Waals surface area contributed by atoms with Crippen LogP contribution in [0.5, 0.6) is 11.5 Å². The third-order valence-corrected chi connectivity index (χ3v) is 7.45. The minimum Gasteiger partial charge on any atom is -0.496 e. The Morgan fingerprint density at radius 1 is 1.00 bits per heavy atom. The van der Waals surface area contributed by atoms with Crippen LogP contribution in [0.4, 0.5) is 17.2 Å². The molecule has 2 heterocycles. The highest BCUT2D eigenvalue weighted by Crippen LogP contribution is 2.38. The molecule has 1 fully saturated rings. The maximum absolute atomic E-state index is 13.2. The van der Waals surface area contributed by atoms with Crippen LogP contribution < -0.4 is 25.4 Å². The molecule has 0 spiro atoms. The van der Waals surface area contributed by atoms with Gasteiger partial charge >= 0.3 is 0 Å². The van der Waals surface area contributed by atoms with Gasteiger partial charge in [-0.25, -0.2) is 0 Å².